The highest BCUT2D eigenvalue weighted by Crippen LogP contribution is 2.15. The van der Waals surface area contributed by atoms with Crippen LogP contribution in [0.2, 0.25) is 0 Å². The van der Waals surface area contributed by atoms with Gasteiger partial charge in [0.05, 0.1) is 12.1 Å². The number of amides is 1. The summed E-state index contributed by atoms with van der Waals surface area (Å²) >= 11 is 1.35. The van der Waals surface area contributed by atoms with Crippen molar-refractivity contribution in [1.82, 2.24) is 4.98 Å². The van der Waals surface area contributed by atoms with Gasteiger partial charge >= 0.3 is 5.97 Å². The Morgan fingerprint density at radius 3 is 2.94 bits per heavy atom. The Kier molecular flexibility index (Phi) is 4.71. The first-order valence-corrected chi connectivity index (χ1v) is 5.64. The lowest BCUT2D eigenvalue weighted by Crippen LogP contribution is -2.12. The van der Waals surface area contributed by atoms with Crippen LogP contribution in [0.1, 0.15) is 18.5 Å². The molecular formula is C9H13N3O3S. The number of aromatic nitrogens is 1. The van der Waals surface area contributed by atoms with E-state index in [2.05, 4.69) is 10.3 Å². The highest BCUT2D eigenvalue weighted by atomic mass is 32.1. The number of carboxylic acid groups (broad SMARTS) is 1. The molecule has 0 aliphatic rings. The number of carbonyl (C=O) groups excluding carboxylic acids is 1. The van der Waals surface area contributed by atoms with Crippen molar-refractivity contribution >= 4 is 28.3 Å². The number of primary amides is 1. The SMILES string of the molecule is NC(=O)CCCNc1nc(CC(=O)O)cs1. The van der Waals surface area contributed by atoms with E-state index in [0.29, 0.717) is 30.2 Å². The highest BCUT2D eigenvalue weighted by Gasteiger charge is 2.05. The van der Waals surface area contributed by atoms with Crippen molar-refractivity contribution < 1.29 is 14.7 Å². The number of nitrogens with two attached hydrogens (primary N) is 1. The summed E-state index contributed by atoms with van der Waals surface area (Å²) in [5.74, 6) is -1.22. The predicted molar refractivity (Wildman–Crippen MR) is 60.4 cm³/mol. The Balaban J connectivity index is 2.29. The van der Waals surface area contributed by atoms with Gasteiger partial charge in [0.15, 0.2) is 5.13 Å². The Bertz CT molecular complexity index is 378. The van der Waals surface area contributed by atoms with Crippen LogP contribution >= 0.6 is 11.3 Å². The van der Waals surface area contributed by atoms with Crippen molar-refractivity contribution in [2.75, 3.05) is 11.9 Å². The molecule has 0 aliphatic heterocycles. The van der Waals surface area contributed by atoms with Gasteiger partial charge in [0.2, 0.25) is 5.91 Å². The van der Waals surface area contributed by atoms with Gasteiger partial charge in [-0.15, -0.1) is 11.3 Å². The molecular weight excluding hydrogens is 230 g/mol. The lowest BCUT2D eigenvalue weighted by Gasteiger charge is -1.99. The van der Waals surface area contributed by atoms with Gasteiger partial charge in [0, 0.05) is 18.3 Å². The Morgan fingerprint density at radius 2 is 2.31 bits per heavy atom. The number of carboxylic acids is 1. The summed E-state index contributed by atoms with van der Waals surface area (Å²) in [5.41, 5.74) is 5.52. The molecule has 1 rings (SSSR count). The molecule has 4 N–H and O–H groups in total. The van der Waals surface area contributed by atoms with E-state index in [4.69, 9.17) is 10.8 Å². The molecule has 0 saturated heterocycles. The number of nitrogens with one attached hydrogen (secondary N) is 1. The molecule has 0 aromatic carbocycles. The van der Waals surface area contributed by atoms with Crippen molar-refractivity contribution in [2.24, 2.45) is 5.73 Å². The third-order valence-electron chi connectivity index (χ3n) is 1.76. The second-order valence-electron chi connectivity index (χ2n) is 3.21. The molecule has 0 fully saturated rings. The van der Waals surface area contributed by atoms with Crippen LogP contribution in [0, 0.1) is 0 Å². The van der Waals surface area contributed by atoms with Crippen molar-refractivity contribution in [1.29, 1.82) is 0 Å². The van der Waals surface area contributed by atoms with Crippen LogP contribution in [-0.2, 0) is 16.0 Å². The summed E-state index contributed by atoms with van der Waals surface area (Å²) < 4.78 is 0. The monoisotopic (exact) mass is 243 g/mol. The normalized spacial score (nSPS) is 10.0. The van der Waals surface area contributed by atoms with E-state index in [0.717, 1.165) is 0 Å². The van der Waals surface area contributed by atoms with Crippen molar-refractivity contribution in [3.8, 4) is 0 Å². The summed E-state index contributed by atoms with van der Waals surface area (Å²) in [6, 6.07) is 0. The van der Waals surface area contributed by atoms with E-state index in [-0.39, 0.29) is 12.3 Å². The minimum absolute atomic E-state index is 0.0700. The molecule has 16 heavy (non-hydrogen) atoms. The summed E-state index contributed by atoms with van der Waals surface area (Å²) in [7, 11) is 0. The third kappa shape index (κ3) is 4.74. The summed E-state index contributed by atoms with van der Waals surface area (Å²) in [4.78, 5) is 24.9. The molecule has 7 heteroatoms. The predicted octanol–water partition coefficient (Wildman–Crippen LogP) is 0.448. The van der Waals surface area contributed by atoms with E-state index in [1.165, 1.54) is 11.3 Å². The van der Waals surface area contributed by atoms with Gasteiger partial charge in [-0.3, -0.25) is 9.59 Å². The topological polar surface area (TPSA) is 105 Å². The molecule has 0 atom stereocenters. The van der Waals surface area contributed by atoms with Gasteiger partial charge in [0.1, 0.15) is 0 Å². The molecule has 6 nitrogen and oxygen atoms in total. The third-order valence-corrected chi connectivity index (χ3v) is 2.61. The van der Waals surface area contributed by atoms with Gasteiger partial charge < -0.3 is 16.2 Å². The van der Waals surface area contributed by atoms with Crippen molar-refractivity contribution in [3.63, 3.8) is 0 Å². The Morgan fingerprint density at radius 1 is 1.56 bits per heavy atom. The zero-order chi connectivity index (χ0) is 12.0. The fourth-order valence-electron chi connectivity index (χ4n) is 1.08. The fourth-order valence-corrected chi connectivity index (χ4v) is 1.82. The smallest absolute Gasteiger partial charge is 0.309 e. The molecule has 1 aromatic heterocycles. The van der Waals surface area contributed by atoms with Crippen LogP contribution < -0.4 is 11.1 Å². The van der Waals surface area contributed by atoms with E-state index in [9.17, 15) is 9.59 Å². The molecule has 0 aliphatic carbocycles. The van der Waals surface area contributed by atoms with Crippen LogP contribution in [0.4, 0.5) is 5.13 Å². The maximum atomic E-state index is 10.5. The average Bonchev–Trinajstić information content (AvgIpc) is 2.59. The first-order chi connectivity index (χ1) is 7.58. The van der Waals surface area contributed by atoms with Gasteiger partial charge in [-0.05, 0) is 6.42 Å². The maximum absolute atomic E-state index is 10.5. The number of carbonyl (C=O) groups is 2. The molecule has 0 spiro atoms. The average molecular weight is 243 g/mol. The number of thiazole rings is 1. The standard InChI is InChI=1S/C9H13N3O3S/c10-7(13)2-1-3-11-9-12-6(5-16-9)4-8(14)15/h5H,1-4H2,(H2,10,13)(H,11,12)(H,14,15). The van der Waals surface area contributed by atoms with E-state index >= 15 is 0 Å². The van der Waals surface area contributed by atoms with Crippen LogP contribution in [0.15, 0.2) is 5.38 Å². The zero-order valence-corrected chi connectivity index (χ0v) is 9.42. The molecule has 0 radical (unpaired) electrons. The van der Waals surface area contributed by atoms with Crippen LogP contribution in [0.3, 0.4) is 0 Å². The van der Waals surface area contributed by atoms with Crippen LogP contribution in [0.25, 0.3) is 0 Å². The van der Waals surface area contributed by atoms with Crippen molar-refractivity contribution in [3.05, 3.63) is 11.1 Å². The van der Waals surface area contributed by atoms with E-state index in [1.807, 2.05) is 0 Å². The highest BCUT2D eigenvalue weighted by molar-refractivity contribution is 7.13. The number of hydrogen-bond donors (Lipinski definition) is 3. The second kappa shape index (κ2) is 6.06. The van der Waals surface area contributed by atoms with Gasteiger partial charge in [-0.25, -0.2) is 4.98 Å². The van der Waals surface area contributed by atoms with Crippen molar-refractivity contribution in [2.45, 2.75) is 19.3 Å². The summed E-state index contributed by atoms with van der Waals surface area (Å²) in [6.45, 7) is 0.600. The van der Waals surface area contributed by atoms with E-state index < -0.39 is 5.97 Å². The Labute approximate surface area is 96.5 Å². The Hall–Kier alpha value is -1.63. The zero-order valence-electron chi connectivity index (χ0n) is 8.60. The summed E-state index contributed by atoms with van der Waals surface area (Å²) in [6.07, 6.45) is 0.906. The molecule has 0 bridgehead atoms. The minimum atomic E-state index is -0.898. The van der Waals surface area contributed by atoms with E-state index in [1.54, 1.807) is 5.38 Å². The molecule has 1 amide bonds. The van der Waals surface area contributed by atoms with Gasteiger partial charge in [-0.1, -0.05) is 0 Å². The first kappa shape index (κ1) is 12.4. The minimum Gasteiger partial charge on any atom is -0.481 e. The number of hydrogen-bond acceptors (Lipinski definition) is 5. The lowest BCUT2D eigenvalue weighted by molar-refractivity contribution is -0.136. The number of anilines is 1. The quantitative estimate of drug-likeness (QED) is 0.603. The largest absolute Gasteiger partial charge is 0.481 e. The molecule has 0 unspecified atom stereocenters. The van der Waals surface area contributed by atoms with Gasteiger partial charge in [-0.2, -0.15) is 0 Å². The van der Waals surface area contributed by atoms with Crippen LogP contribution in [0.5, 0.6) is 0 Å². The maximum Gasteiger partial charge on any atom is 0.309 e. The number of aliphatic carboxylic acids is 1. The summed E-state index contributed by atoms with van der Waals surface area (Å²) in [5, 5.41) is 13.9. The lowest BCUT2D eigenvalue weighted by atomic mass is 10.3. The number of nitrogens with zero attached hydrogens (tertiary/aromatic N) is 1. The van der Waals surface area contributed by atoms with Crippen LogP contribution in [-0.4, -0.2) is 28.5 Å². The molecule has 88 valence electrons. The number of rotatable bonds is 7. The molecule has 1 aromatic rings. The fraction of sp³-hybridized carbons (Fsp3) is 0.444. The second-order valence-corrected chi connectivity index (χ2v) is 4.07. The van der Waals surface area contributed by atoms with Gasteiger partial charge in [0.25, 0.3) is 0 Å². The molecule has 0 saturated carbocycles. The molecule has 1 heterocycles. The first-order valence-electron chi connectivity index (χ1n) is 4.76.